The van der Waals surface area contributed by atoms with Gasteiger partial charge in [0.2, 0.25) is 0 Å². The van der Waals surface area contributed by atoms with Gasteiger partial charge < -0.3 is 5.73 Å². The van der Waals surface area contributed by atoms with E-state index in [4.69, 9.17) is 5.73 Å². The molecule has 0 aliphatic heterocycles. The maximum Gasteiger partial charge on any atom is 0.181 e. The van der Waals surface area contributed by atoms with E-state index in [1.807, 2.05) is 37.3 Å². The van der Waals surface area contributed by atoms with Gasteiger partial charge in [-0.05, 0) is 31.2 Å². The first-order valence-corrected chi connectivity index (χ1v) is 7.84. The SMILES string of the molecule is C=C/N=C(\C=C/C)c1nc(N)sc1-c1ccnc2cccnc12. The highest BCUT2D eigenvalue weighted by Gasteiger charge is 2.18. The highest BCUT2D eigenvalue weighted by atomic mass is 32.1. The quantitative estimate of drug-likeness (QED) is 0.741. The Morgan fingerprint density at radius 2 is 2.17 bits per heavy atom. The molecule has 0 aliphatic carbocycles. The Kier molecular flexibility index (Phi) is 4.25. The Morgan fingerprint density at radius 3 is 2.96 bits per heavy atom. The second-order valence-electron chi connectivity index (χ2n) is 4.66. The van der Waals surface area contributed by atoms with Crippen molar-refractivity contribution in [3.05, 3.63) is 61.2 Å². The summed E-state index contributed by atoms with van der Waals surface area (Å²) in [6, 6.07) is 5.72. The first-order chi connectivity index (χ1) is 11.2. The van der Waals surface area contributed by atoms with Gasteiger partial charge in [-0.3, -0.25) is 15.0 Å². The summed E-state index contributed by atoms with van der Waals surface area (Å²) < 4.78 is 0. The molecule has 0 radical (unpaired) electrons. The molecule has 0 unspecified atom stereocenters. The number of pyridine rings is 2. The molecule has 0 saturated heterocycles. The normalized spacial score (nSPS) is 12.1. The maximum atomic E-state index is 5.96. The zero-order valence-corrected chi connectivity index (χ0v) is 13.4. The molecule has 0 aliphatic rings. The van der Waals surface area contributed by atoms with Crippen molar-refractivity contribution in [3.8, 4) is 10.4 Å². The van der Waals surface area contributed by atoms with Crippen LogP contribution in [-0.2, 0) is 0 Å². The molecular formula is C17H15N5S. The topological polar surface area (TPSA) is 77.0 Å². The molecule has 3 rings (SSSR count). The van der Waals surface area contributed by atoms with Crippen LogP contribution in [0.4, 0.5) is 5.13 Å². The Morgan fingerprint density at radius 1 is 1.30 bits per heavy atom. The number of allylic oxidation sites excluding steroid dienone is 2. The molecule has 3 heterocycles. The van der Waals surface area contributed by atoms with Gasteiger partial charge >= 0.3 is 0 Å². The van der Waals surface area contributed by atoms with Crippen LogP contribution < -0.4 is 5.73 Å². The van der Waals surface area contributed by atoms with Crippen molar-refractivity contribution in [2.24, 2.45) is 4.99 Å². The number of rotatable bonds is 4. The zero-order chi connectivity index (χ0) is 16.2. The van der Waals surface area contributed by atoms with Gasteiger partial charge in [-0.25, -0.2) is 4.98 Å². The van der Waals surface area contributed by atoms with Gasteiger partial charge in [0.05, 0.1) is 21.6 Å². The number of hydrogen-bond acceptors (Lipinski definition) is 6. The molecule has 0 atom stereocenters. The summed E-state index contributed by atoms with van der Waals surface area (Å²) in [6.07, 6.45) is 8.81. The van der Waals surface area contributed by atoms with Crippen LogP contribution in [0.3, 0.4) is 0 Å². The van der Waals surface area contributed by atoms with E-state index >= 15 is 0 Å². The van der Waals surface area contributed by atoms with Gasteiger partial charge in [0.1, 0.15) is 5.69 Å². The minimum Gasteiger partial charge on any atom is -0.375 e. The molecule has 2 N–H and O–H groups in total. The van der Waals surface area contributed by atoms with Gasteiger partial charge in [-0.15, -0.1) is 0 Å². The third kappa shape index (κ3) is 2.89. The summed E-state index contributed by atoms with van der Waals surface area (Å²) in [6.45, 7) is 5.60. The van der Waals surface area contributed by atoms with Gasteiger partial charge in [0.15, 0.2) is 5.13 Å². The van der Waals surface area contributed by atoms with E-state index in [9.17, 15) is 0 Å². The fourth-order valence-corrected chi connectivity index (χ4v) is 3.16. The highest BCUT2D eigenvalue weighted by molar-refractivity contribution is 7.19. The third-order valence-corrected chi connectivity index (χ3v) is 4.10. The molecule has 0 aromatic carbocycles. The molecule has 6 heteroatoms. The van der Waals surface area contributed by atoms with Crippen LogP contribution in [0.25, 0.3) is 21.5 Å². The Bertz CT molecular complexity index is 918. The number of thiazole rings is 1. The lowest BCUT2D eigenvalue weighted by molar-refractivity contribution is 1.33. The monoisotopic (exact) mass is 321 g/mol. The average Bonchev–Trinajstić information content (AvgIpc) is 2.95. The van der Waals surface area contributed by atoms with Crippen molar-refractivity contribution >= 4 is 33.2 Å². The molecule has 0 fully saturated rings. The summed E-state index contributed by atoms with van der Waals surface area (Å²) >= 11 is 1.41. The van der Waals surface area contributed by atoms with Crippen LogP contribution in [0, 0.1) is 0 Å². The number of anilines is 1. The van der Waals surface area contributed by atoms with Crippen LogP contribution >= 0.6 is 11.3 Å². The summed E-state index contributed by atoms with van der Waals surface area (Å²) in [5.74, 6) is 0. The third-order valence-electron chi connectivity index (χ3n) is 3.18. The first-order valence-electron chi connectivity index (χ1n) is 7.02. The largest absolute Gasteiger partial charge is 0.375 e. The number of nitrogens with zero attached hydrogens (tertiary/aromatic N) is 4. The molecule has 5 nitrogen and oxygen atoms in total. The fourth-order valence-electron chi connectivity index (χ4n) is 2.29. The average molecular weight is 321 g/mol. The Balaban J connectivity index is 2.28. The van der Waals surface area contributed by atoms with Crippen molar-refractivity contribution in [2.75, 3.05) is 5.73 Å². The van der Waals surface area contributed by atoms with Crippen molar-refractivity contribution < 1.29 is 0 Å². The lowest BCUT2D eigenvalue weighted by atomic mass is 10.1. The van der Waals surface area contributed by atoms with Crippen LogP contribution in [0.15, 0.2) is 60.5 Å². The lowest BCUT2D eigenvalue weighted by Crippen LogP contribution is -2.00. The molecule has 0 spiro atoms. The van der Waals surface area contributed by atoms with Gasteiger partial charge in [-0.2, -0.15) is 0 Å². The predicted molar refractivity (Wildman–Crippen MR) is 96.6 cm³/mol. The van der Waals surface area contributed by atoms with Crippen LogP contribution in [0.5, 0.6) is 0 Å². The Hall–Kier alpha value is -2.86. The number of aliphatic imine (C=N–C) groups is 1. The molecule has 0 saturated carbocycles. The second-order valence-corrected chi connectivity index (χ2v) is 5.69. The van der Waals surface area contributed by atoms with Crippen LogP contribution in [0.1, 0.15) is 12.6 Å². The number of nitrogens with two attached hydrogens (primary N) is 1. The molecule has 114 valence electrons. The molecular weight excluding hydrogens is 306 g/mol. The van der Waals surface area contributed by atoms with Crippen molar-refractivity contribution in [2.45, 2.75) is 6.92 Å². The van der Waals surface area contributed by atoms with E-state index in [1.54, 1.807) is 12.4 Å². The summed E-state index contributed by atoms with van der Waals surface area (Å²) in [5, 5.41) is 0.483. The van der Waals surface area contributed by atoms with Crippen molar-refractivity contribution in [3.63, 3.8) is 0 Å². The zero-order valence-electron chi connectivity index (χ0n) is 12.6. The number of fused-ring (bicyclic) bond motifs is 1. The Labute approximate surface area is 138 Å². The minimum absolute atomic E-state index is 0.483. The first kappa shape index (κ1) is 15.1. The van der Waals surface area contributed by atoms with Gasteiger partial charge in [-0.1, -0.05) is 24.0 Å². The van der Waals surface area contributed by atoms with Crippen molar-refractivity contribution in [1.29, 1.82) is 0 Å². The van der Waals surface area contributed by atoms with Gasteiger partial charge in [0, 0.05) is 24.2 Å². The highest BCUT2D eigenvalue weighted by Crippen LogP contribution is 2.35. The maximum absolute atomic E-state index is 5.96. The molecule has 23 heavy (non-hydrogen) atoms. The number of nitrogen functional groups attached to an aromatic ring is 1. The van der Waals surface area contributed by atoms with E-state index in [-0.39, 0.29) is 0 Å². The second kappa shape index (κ2) is 6.50. The van der Waals surface area contributed by atoms with E-state index in [2.05, 4.69) is 26.5 Å². The van der Waals surface area contributed by atoms with Gasteiger partial charge in [0.25, 0.3) is 0 Å². The lowest BCUT2D eigenvalue weighted by Gasteiger charge is -2.05. The number of hydrogen-bond donors (Lipinski definition) is 1. The standard InChI is InChI=1S/C17H15N5S/c1-3-6-12(19-4-2)15-16(23-17(18)22-15)11-8-10-20-13-7-5-9-21-14(11)13/h3-10H,2H2,1H3,(H2,18,22)/b6-3-,19-12+. The smallest absolute Gasteiger partial charge is 0.181 e. The van der Waals surface area contributed by atoms with E-state index in [0.29, 0.717) is 10.8 Å². The molecule has 3 aromatic rings. The fraction of sp³-hybridized carbons (Fsp3) is 0.0588. The number of aromatic nitrogens is 3. The molecule has 0 bridgehead atoms. The minimum atomic E-state index is 0.483. The van der Waals surface area contributed by atoms with Crippen LogP contribution in [0.2, 0.25) is 0 Å². The van der Waals surface area contributed by atoms with E-state index < -0.39 is 0 Å². The predicted octanol–water partition coefficient (Wildman–Crippen LogP) is 3.84. The van der Waals surface area contributed by atoms with Crippen LogP contribution in [-0.4, -0.2) is 20.7 Å². The summed E-state index contributed by atoms with van der Waals surface area (Å²) in [4.78, 5) is 18.5. The van der Waals surface area contributed by atoms with Crippen molar-refractivity contribution in [1.82, 2.24) is 15.0 Å². The molecule has 0 amide bonds. The van der Waals surface area contributed by atoms with E-state index in [1.165, 1.54) is 17.5 Å². The molecule has 3 aromatic heterocycles. The summed E-state index contributed by atoms with van der Waals surface area (Å²) in [7, 11) is 0. The van der Waals surface area contributed by atoms with E-state index in [0.717, 1.165) is 27.2 Å². The summed E-state index contributed by atoms with van der Waals surface area (Å²) in [5.41, 5.74) is 9.99.